The van der Waals surface area contributed by atoms with E-state index in [1.54, 1.807) is 0 Å². The van der Waals surface area contributed by atoms with Crippen LogP contribution in [0.1, 0.15) is 13.8 Å². The van der Waals surface area contributed by atoms with Crippen LogP contribution in [-0.4, -0.2) is 34.2 Å². The summed E-state index contributed by atoms with van der Waals surface area (Å²) in [7, 11) is -8.59. The molecule has 0 saturated carbocycles. The van der Waals surface area contributed by atoms with Gasteiger partial charge in [-0.3, -0.25) is 0 Å². The molecule has 0 unspecified atom stereocenters. The van der Waals surface area contributed by atoms with Gasteiger partial charge in [-0.05, 0) is 51.4 Å². The smallest absolute Gasteiger partial charge is 0.317 e. The van der Waals surface area contributed by atoms with Crippen LogP contribution in [0.15, 0.2) is 0 Å². The molecule has 1 aliphatic rings. The van der Waals surface area contributed by atoms with Crippen LogP contribution >= 0.6 is 0 Å². The van der Waals surface area contributed by atoms with Crippen LogP contribution in [0.5, 0.6) is 0 Å². The Kier molecular flexibility index (Phi) is 4.88. The van der Waals surface area contributed by atoms with Crippen LogP contribution < -0.4 is 0 Å². The van der Waals surface area contributed by atoms with Gasteiger partial charge in [0.1, 0.15) is 0 Å². The molecule has 0 bridgehead atoms. The summed E-state index contributed by atoms with van der Waals surface area (Å²) < 4.78 is 25.5. The molecule has 0 aromatic carbocycles. The molecule has 8 heteroatoms. The average molecular weight is 325 g/mol. The van der Waals surface area contributed by atoms with Crippen LogP contribution in [0.3, 0.4) is 0 Å². The Morgan fingerprint density at radius 3 is 0.944 bits per heavy atom. The van der Waals surface area contributed by atoms with E-state index in [9.17, 15) is 0 Å². The van der Waals surface area contributed by atoms with E-state index in [1.807, 2.05) is 0 Å². The van der Waals surface area contributed by atoms with Gasteiger partial charge in [0.2, 0.25) is 0 Å². The summed E-state index contributed by atoms with van der Waals surface area (Å²) >= 11 is 0. The molecule has 108 valence electrons. The second-order valence-electron chi connectivity index (χ2n) is 6.18. The molecule has 4 nitrogen and oxygen atoms in total. The molecule has 0 aromatic heterocycles. The summed E-state index contributed by atoms with van der Waals surface area (Å²) in [5.74, 6) is 0. The molecule has 0 amide bonds. The zero-order chi connectivity index (χ0) is 14.2. The van der Waals surface area contributed by atoms with Gasteiger partial charge in [0, 0.05) is 0 Å². The molecule has 1 saturated heterocycles. The number of rotatable bonds is 2. The van der Waals surface area contributed by atoms with Crippen molar-refractivity contribution >= 4 is 34.2 Å². The fraction of sp³-hybridized carbons (Fsp3) is 1.00. The first-order chi connectivity index (χ1) is 7.95. The summed E-state index contributed by atoms with van der Waals surface area (Å²) in [5, 5.41) is 0. The third-order valence-corrected chi connectivity index (χ3v) is 20.5. The second kappa shape index (κ2) is 5.24. The molecule has 1 aliphatic heterocycles. The highest BCUT2D eigenvalue weighted by molar-refractivity contribution is 6.93. The van der Waals surface area contributed by atoms with E-state index >= 15 is 0 Å². The lowest BCUT2D eigenvalue weighted by Crippen LogP contribution is -2.65. The van der Waals surface area contributed by atoms with Gasteiger partial charge in [0.15, 0.2) is 0 Å². The predicted molar refractivity (Wildman–Crippen MR) is 83.5 cm³/mol. The molecule has 0 aromatic rings. The molecular weight excluding hydrogens is 296 g/mol. The van der Waals surface area contributed by atoms with Crippen molar-refractivity contribution < 1.29 is 16.5 Å². The van der Waals surface area contributed by atoms with Crippen molar-refractivity contribution in [1.29, 1.82) is 0 Å². The third kappa shape index (κ3) is 4.37. The van der Waals surface area contributed by atoms with Crippen LogP contribution in [0, 0.1) is 0 Å². The van der Waals surface area contributed by atoms with E-state index in [0.717, 1.165) is 12.1 Å². The first-order valence-electron chi connectivity index (χ1n) is 6.75. The van der Waals surface area contributed by atoms with E-state index in [4.69, 9.17) is 16.5 Å². The van der Waals surface area contributed by atoms with Crippen molar-refractivity contribution in [2.45, 2.75) is 65.2 Å². The Bertz CT molecular complexity index is 262. The summed E-state index contributed by atoms with van der Waals surface area (Å²) in [4.78, 5) is 0. The zero-order valence-electron chi connectivity index (χ0n) is 13.0. The van der Waals surface area contributed by atoms with E-state index in [-0.39, 0.29) is 0 Å². The molecule has 1 rings (SSSR count). The lowest BCUT2D eigenvalue weighted by Gasteiger charge is -2.48. The lowest BCUT2D eigenvalue weighted by atomic mass is 11.0. The maximum atomic E-state index is 6.37. The predicted octanol–water partition coefficient (Wildman–Crippen LogP) is 3.65. The highest BCUT2D eigenvalue weighted by atomic mass is 28.5. The largest absolute Gasteiger partial charge is 0.416 e. The minimum absolute atomic E-state index is 0.941. The minimum Gasteiger partial charge on any atom is -0.416 e. The minimum atomic E-state index is -2.15. The molecule has 1 fully saturated rings. The molecular formula is C10H28O4Si4. The van der Waals surface area contributed by atoms with E-state index < -0.39 is 34.2 Å². The Morgan fingerprint density at radius 1 is 0.556 bits per heavy atom. The average Bonchev–Trinajstić information content (AvgIpc) is 2.11. The lowest BCUT2D eigenvalue weighted by molar-refractivity contribution is 0.232. The Morgan fingerprint density at radius 2 is 0.778 bits per heavy atom. The summed E-state index contributed by atoms with van der Waals surface area (Å²) in [6.45, 7) is 17.0. The van der Waals surface area contributed by atoms with Gasteiger partial charge < -0.3 is 16.5 Å². The molecule has 0 atom stereocenters. The standard InChI is InChI=1S/C10H28O4Si4/c1-9-17(7)11-15(3,4)13-18(8,10-2)14-16(5,6)12-17/h9-10H2,1-8H3. The van der Waals surface area contributed by atoms with Gasteiger partial charge in [-0.2, -0.15) is 0 Å². The topological polar surface area (TPSA) is 36.9 Å². The Labute approximate surface area is 116 Å². The Hall–Kier alpha value is 0.708. The summed E-state index contributed by atoms with van der Waals surface area (Å²) in [6, 6.07) is 1.88. The van der Waals surface area contributed by atoms with Gasteiger partial charge in [-0.15, -0.1) is 0 Å². The maximum absolute atomic E-state index is 6.37. The second-order valence-corrected chi connectivity index (χ2v) is 21.0. The van der Waals surface area contributed by atoms with Gasteiger partial charge >= 0.3 is 34.2 Å². The molecule has 0 radical (unpaired) electrons. The molecule has 1 heterocycles. The highest BCUT2D eigenvalue weighted by Gasteiger charge is 2.52. The van der Waals surface area contributed by atoms with E-state index in [1.165, 1.54) is 0 Å². The van der Waals surface area contributed by atoms with Gasteiger partial charge in [-0.1, -0.05) is 13.8 Å². The van der Waals surface area contributed by atoms with E-state index in [2.05, 4.69) is 53.1 Å². The van der Waals surface area contributed by atoms with Crippen molar-refractivity contribution in [3.8, 4) is 0 Å². The summed E-state index contributed by atoms with van der Waals surface area (Å²) in [6.07, 6.45) is 0. The quantitative estimate of drug-likeness (QED) is 0.727. The maximum Gasteiger partial charge on any atom is 0.317 e. The van der Waals surface area contributed by atoms with E-state index in [0.29, 0.717) is 0 Å². The molecule has 0 spiro atoms. The highest BCUT2D eigenvalue weighted by Crippen LogP contribution is 2.33. The first-order valence-corrected chi connectivity index (χ1v) is 17.4. The number of hydrogen-bond donors (Lipinski definition) is 0. The van der Waals surface area contributed by atoms with Crippen molar-refractivity contribution in [3.05, 3.63) is 0 Å². The molecule has 0 N–H and O–H groups in total. The van der Waals surface area contributed by atoms with Gasteiger partial charge in [-0.25, -0.2) is 0 Å². The van der Waals surface area contributed by atoms with Crippen LogP contribution in [0.4, 0.5) is 0 Å². The first kappa shape index (κ1) is 16.8. The van der Waals surface area contributed by atoms with Crippen LogP contribution in [0.25, 0.3) is 0 Å². The molecule has 18 heavy (non-hydrogen) atoms. The number of hydrogen-bond acceptors (Lipinski definition) is 4. The fourth-order valence-electron chi connectivity index (χ4n) is 2.45. The zero-order valence-corrected chi connectivity index (χ0v) is 17.0. The SMILES string of the molecule is CC[Si]1(C)O[Si](C)(C)O[Si](C)(CC)O[Si](C)(C)O1. The monoisotopic (exact) mass is 324 g/mol. The van der Waals surface area contributed by atoms with Crippen molar-refractivity contribution in [2.75, 3.05) is 0 Å². The van der Waals surface area contributed by atoms with Crippen LogP contribution in [-0.2, 0) is 16.5 Å². The normalized spacial score (nSPS) is 40.0. The summed E-state index contributed by atoms with van der Waals surface area (Å²) in [5.41, 5.74) is 0. The van der Waals surface area contributed by atoms with Gasteiger partial charge in [0.25, 0.3) is 0 Å². The molecule has 0 aliphatic carbocycles. The van der Waals surface area contributed by atoms with Crippen molar-refractivity contribution in [3.63, 3.8) is 0 Å². The van der Waals surface area contributed by atoms with Crippen molar-refractivity contribution in [2.24, 2.45) is 0 Å². The fourth-order valence-corrected chi connectivity index (χ4v) is 23.6. The Balaban J connectivity index is 3.06. The van der Waals surface area contributed by atoms with Crippen molar-refractivity contribution in [1.82, 2.24) is 0 Å². The van der Waals surface area contributed by atoms with Gasteiger partial charge in [0.05, 0.1) is 0 Å². The van der Waals surface area contributed by atoms with Crippen LogP contribution in [0.2, 0.25) is 51.4 Å². The third-order valence-electron chi connectivity index (χ3n) is 3.13.